The van der Waals surface area contributed by atoms with E-state index in [2.05, 4.69) is 0 Å². The Balaban J connectivity index is 1.69. The highest BCUT2D eigenvalue weighted by molar-refractivity contribution is 7.91. The van der Waals surface area contributed by atoms with Crippen LogP contribution in [0.4, 0.5) is 0 Å². The summed E-state index contributed by atoms with van der Waals surface area (Å²) in [4.78, 5) is 27.6. The smallest absolute Gasteiger partial charge is 0.290 e. The van der Waals surface area contributed by atoms with Crippen LogP contribution in [0.15, 0.2) is 57.7 Å². The van der Waals surface area contributed by atoms with Crippen molar-refractivity contribution in [3.8, 4) is 5.75 Å². The fraction of sp³-hybridized carbons (Fsp3) is 0.333. The zero-order valence-corrected chi connectivity index (χ0v) is 18.9. The van der Waals surface area contributed by atoms with E-state index in [-0.39, 0.29) is 29.2 Å². The Bertz CT molecular complexity index is 1310. The van der Waals surface area contributed by atoms with Crippen LogP contribution in [0.3, 0.4) is 0 Å². The molecule has 32 heavy (non-hydrogen) atoms. The standard InChI is InChI=1S/C24H25NO6S/c1-3-30-19-7-5-17(6-8-19)14-25(18-10-11-32(28,29)15-18)24(27)23-13-21(26)20-12-16(2)4-9-22(20)31-23/h4-9,12-13,18H,3,10-11,14-15H2,1-2H3/t18-/m0/s1. The first-order valence-corrected chi connectivity index (χ1v) is 12.4. The summed E-state index contributed by atoms with van der Waals surface area (Å²) in [7, 11) is -3.22. The number of nitrogens with zero attached hydrogens (tertiary/aromatic N) is 1. The molecule has 168 valence electrons. The number of benzene rings is 2. The molecule has 1 amide bonds. The van der Waals surface area contributed by atoms with Gasteiger partial charge < -0.3 is 14.1 Å². The molecule has 4 rings (SSSR count). The molecule has 0 N–H and O–H groups in total. The van der Waals surface area contributed by atoms with Crippen LogP contribution in [0, 0.1) is 6.92 Å². The molecule has 0 radical (unpaired) electrons. The van der Waals surface area contributed by atoms with Crippen LogP contribution >= 0.6 is 0 Å². The van der Waals surface area contributed by atoms with Crippen molar-refractivity contribution in [3.05, 3.63) is 75.6 Å². The Kier molecular flexibility index (Phi) is 6.06. The van der Waals surface area contributed by atoms with Gasteiger partial charge in [-0.25, -0.2) is 8.42 Å². The zero-order valence-electron chi connectivity index (χ0n) is 18.0. The molecule has 7 nitrogen and oxygen atoms in total. The number of carbonyl (C=O) groups is 1. The molecule has 3 aromatic rings. The molecule has 2 heterocycles. The molecule has 2 aromatic carbocycles. The molecule has 0 saturated carbocycles. The van der Waals surface area contributed by atoms with Crippen molar-refractivity contribution in [1.29, 1.82) is 0 Å². The van der Waals surface area contributed by atoms with E-state index < -0.39 is 21.8 Å². The van der Waals surface area contributed by atoms with Gasteiger partial charge in [0.15, 0.2) is 21.0 Å². The van der Waals surface area contributed by atoms with Crippen molar-refractivity contribution in [2.24, 2.45) is 0 Å². The van der Waals surface area contributed by atoms with Gasteiger partial charge in [0.25, 0.3) is 5.91 Å². The molecular formula is C24H25NO6S. The third kappa shape index (κ3) is 4.70. The van der Waals surface area contributed by atoms with Crippen LogP contribution in [0.2, 0.25) is 0 Å². The summed E-state index contributed by atoms with van der Waals surface area (Å²) >= 11 is 0. The molecule has 0 unspecified atom stereocenters. The highest BCUT2D eigenvalue weighted by Crippen LogP contribution is 2.24. The third-order valence-electron chi connectivity index (χ3n) is 5.59. The van der Waals surface area contributed by atoms with Gasteiger partial charge in [0.2, 0.25) is 0 Å². The molecule has 1 saturated heterocycles. The molecule has 1 aliphatic rings. The van der Waals surface area contributed by atoms with Crippen molar-refractivity contribution >= 4 is 26.7 Å². The second-order valence-corrected chi connectivity index (χ2v) is 10.3. The number of fused-ring (bicyclic) bond motifs is 1. The summed E-state index contributed by atoms with van der Waals surface area (Å²) in [6.45, 7) is 4.51. The summed E-state index contributed by atoms with van der Waals surface area (Å²) < 4.78 is 35.5. The van der Waals surface area contributed by atoms with Crippen molar-refractivity contribution in [3.63, 3.8) is 0 Å². The monoisotopic (exact) mass is 455 g/mol. The van der Waals surface area contributed by atoms with Gasteiger partial charge in [0.05, 0.1) is 23.5 Å². The van der Waals surface area contributed by atoms with E-state index in [0.29, 0.717) is 29.7 Å². The largest absolute Gasteiger partial charge is 0.494 e. The van der Waals surface area contributed by atoms with E-state index in [4.69, 9.17) is 9.15 Å². The number of hydrogen-bond acceptors (Lipinski definition) is 6. The predicted molar refractivity (Wildman–Crippen MR) is 122 cm³/mol. The number of hydrogen-bond donors (Lipinski definition) is 0. The lowest BCUT2D eigenvalue weighted by atomic mass is 10.1. The van der Waals surface area contributed by atoms with Crippen molar-refractivity contribution in [2.45, 2.75) is 32.9 Å². The van der Waals surface area contributed by atoms with E-state index in [1.54, 1.807) is 18.2 Å². The van der Waals surface area contributed by atoms with Gasteiger partial charge in [-0.05, 0) is 50.1 Å². The maximum Gasteiger partial charge on any atom is 0.290 e. The fourth-order valence-electron chi connectivity index (χ4n) is 3.96. The quantitative estimate of drug-likeness (QED) is 0.566. The number of aryl methyl sites for hydroxylation is 1. The van der Waals surface area contributed by atoms with E-state index in [0.717, 1.165) is 11.1 Å². The van der Waals surface area contributed by atoms with Gasteiger partial charge in [0.1, 0.15) is 11.3 Å². The molecule has 1 atom stereocenters. The Morgan fingerprint density at radius 1 is 1.16 bits per heavy atom. The lowest BCUT2D eigenvalue weighted by molar-refractivity contribution is 0.0648. The van der Waals surface area contributed by atoms with Crippen LogP contribution in [0.25, 0.3) is 11.0 Å². The second kappa shape index (κ2) is 8.78. The Morgan fingerprint density at radius 2 is 1.91 bits per heavy atom. The van der Waals surface area contributed by atoms with E-state index in [1.165, 1.54) is 11.0 Å². The molecule has 1 aliphatic heterocycles. The number of amides is 1. The Labute approximate surface area is 186 Å². The zero-order chi connectivity index (χ0) is 22.9. The first-order valence-electron chi connectivity index (χ1n) is 10.5. The highest BCUT2D eigenvalue weighted by Gasteiger charge is 2.36. The van der Waals surface area contributed by atoms with Crippen LogP contribution in [0.5, 0.6) is 5.75 Å². The lowest BCUT2D eigenvalue weighted by Crippen LogP contribution is -2.40. The average molecular weight is 456 g/mol. The van der Waals surface area contributed by atoms with Crippen molar-refractivity contribution in [2.75, 3.05) is 18.1 Å². The van der Waals surface area contributed by atoms with E-state index in [9.17, 15) is 18.0 Å². The van der Waals surface area contributed by atoms with Crippen LogP contribution in [-0.2, 0) is 16.4 Å². The van der Waals surface area contributed by atoms with Gasteiger partial charge >= 0.3 is 0 Å². The number of carbonyl (C=O) groups excluding carboxylic acids is 1. The molecular weight excluding hydrogens is 430 g/mol. The van der Waals surface area contributed by atoms with E-state index in [1.807, 2.05) is 38.1 Å². The molecule has 1 aromatic heterocycles. The lowest BCUT2D eigenvalue weighted by Gasteiger charge is -2.28. The van der Waals surface area contributed by atoms with Gasteiger partial charge in [0, 0.05) is 18.7 Å². The van der Waals surface area contributed by atoms with Crippen molar-refractivity contribution < 1.29 is 22.4 Å². The predicted octanol–water partition coefficient (Wildman–Crippen LogP) is 3.33. The van der Waals surface area contributed by atoms with Gasteiger partial charge in [-0.1, -0.05) is 23.8 Å². The summed E-state index contributed by atoms with van der Waals surface area (Å²) in [5.74, 6) is 0.0499. The fourth-order valence-corrected chi connectivity index (χ4v) is 5.69. The highest BCUT2D eigenvalue weighted by atomic mass is 32.2. The Morgan fingerprint density at radius 3 is 2.56 bits per heavy atom. The normalized spacial score (nSPS) is 17.4. The minimum Gasteiger partial charge on any atom is -0.494 e. The third-order valence-corrected chi connectivity index (χ3v) is 7.34. The molecule has 0 spiro atoms. The topological polar surface area (TPSA) is 93.9 Å². The SMILES string of the molecule is CCOc1ccc(CN(C(=O)c2cc(=O)c3cc(C)ccc3o2)[C@H]2CCS(=O)(=O)C2)cc1. The first-order chi connectivity index (χ1) is 15.3. The summed E-state index contributed by atoms with van der Waals surface area (Å²) in [5, 5.41) is 0.406. The minimum absolute atomic E-state index is 0.0334. The van der Waals surface area contributed by atoms with Crippen molar-refractivity contribution in [1.82, 2.24) is 4.90 Å². The van der Waals surface area contributed by atoms with Gasteiger partial charge in [-0.3, -0.25) is 9.59 Å². The summed E-state index contributed by atoms with van der Waals surface area (Å²) in [5.41, 5.74) is 1.76. The molecule has 1 fully saturated rings. The maximum atomic E-state index is 13.5. The number of ether oxygens (including phenoxy) is 1. The average Bonchev–Trinajstić information content (AvgIpc) is 3.12. The number of sulfone groups is 1. The summed E-state index contributed by atoms with van der Waals surface area (Å²) in [6.07, 6.45) is 0.349. The molecule has 0 aliphatic carbocycles. The van der Waals surface area contributed by atoms with Gasteiger partial charge in [-0.15, -0.1) is 0 Å². The molecule has 8 heteroatoms. The van der Waals surface area contributed by atoms with E-state index >= 15 is 0 Å². The van der Waals surface area contributed by atoms with Crippen LogP contribution < -0.4 is 10.2 Å². The summed E-state index contributed by atoms with van der Waals surface area (Å²) in [6, 6.07) is 13.2. The first kappa shape index (κ1) is 22.1. The maximum absolute atomic E-state index is 13.5. The number of rotatable bonds is 6. The Hall–Kier alpha value is -3.13. The molecule has 0 bridgehead atoms. The van der Waals surface area contributed by atoms with Crippen LogP contribution in [0.1, 0.15) is 35.0 Å². The van der Waals surface area contributed by atoms with Gasteiger partial charge in [-0.2, -0.15) is 0 Å². The second-order valence-electron chi connectivity index (χ2n) is 8.04. The minimum atomic E-state index is -3.22. The van der Waals surface area contributed by atoms with Crippen LogP contribution in [-0.4, -0.2) is 43.4 Å².